The highest BCUT2D eigenvalue weighted by molar-refractivity contribution is 6.31. The lowest BCUT2D eigenvalue weighted by molar-refractivity contribution is -0.138. The third-order valence-electron chi connectivity index (χ3n) is 6.93. The van der Waals surface area contributed by atoms with Crippen LogP contribution < -0.4 is 10.2 Å². The molecule has 4 aromatic rings. The predicted molar refractivity (Wildman–Crippen MR) is 150 cm³/mol. The lowest BCUT2D eigenvalue weighted by Gasteiger charge is -2.23. The minimum Gasteiger partial charge on any atom is -0.480 e. The molecule has 0 radical (unpaired) electrons. The molecule has 2 unspecified atom stereocenters. The van der Waals surface area contributed by atoms with Crippen LogP contribution in [-0.4, -0.2) is 34.9 Å². The molecule has 3 aromatic carbocycles. The van der Waals surface area contributed by atoms with E-state index in [1.54, 1.807) is 19.9 Å². The molecule has 1 amide bonds. The second-order valence-corrected chi connectivity index (χ2v) is 9.89. The number of hydrogen-bond donors (Lipinski definition) is 2. The van der Waals surface area contributed by atoms with Gasteiger partial charge in [-0.1, -0.05) is 71.4 Å². The maximum absolute atomic E-state index is 12.7. The Morgan fingerprint density at radius 3 is 2.36 bits per heavy atom. The first-order valence-corrected chi connectivity index (χ1v) is 13.1. The van der Waals surface area contributed by atoms with Gasteiger partial charge in [-0.05, 0) is 56.0 Å². The first-order chi connectivity index (χ1) is 18.8. The smallest absolute Gasteiger partial charge is 0.412 e. The van der Waals surface area contributed by atoms with E-state index in [0.29, 0.717) is 34.1 Å². The van der Waals surface area contributed by atoms with E-state index in [-0.39, 0.29) is 0 Å². The van der Waals surface area contributed by atoms with Crippen molar-refractivity contribution in [3.63, 3.8) is 0 Å². The predicted octanol–water partition coefficient (Wildman–Crippen LogP) is 7.33. The van der Waals surface area contributed by atoms with Crippen molar-refractivity contribution < 1.29 is 24.0 Å². The van der Waals surface area contributed by atoms with E-state index in [1.807, 2.05) is 71.6 Å². The molecule has 9 heteroatoms. The Morgan fingerprint density at radius 1 is 1.05 bits per heavy atom. The number of nitrogens with zero attached hydrogens (tertiary/aromatic N) is 2. The van der Waals surface area contributed by atoms with Crippen LogP contribution in [-0.2, 0) is 9.53 Å². The Hall–Kier alpha value is -4.30. The number of carboxylic acids is 1. The molecule has 2 atom stereocenters. The lowest BCUT2D eigenvalue weighted by Crippen LogP contribution is -2.35. The minimum absolute atomic E-state index is 0.422. The Labute approximate surface area is 231 Å². The summed E-state index contributed by atoms with van der Waals surface area (Å²) >= 11 is 6.23. The summed E-state index contributed by atoms with van der Waals surface area (Å²) in [5, 5.41) is 16.8. The highest BCUT2D eigenvalue weighted by atomic mass is 35.5. The summed E-state index contributed by atoms with van der Waals surface area (Å²) in [6.45, 7) is 4.23. The standard InChI is InChI=1S/C30H28ClN3O5/c1-18-27(32-30(37)38-19(2)24-6-3-4-7-25(24)31)28(39-33-18)22-11-9-20(10-12-22)21-13-15-23(16-14-21)34-17-5-8-26(34)29(35)36/h3-4,6-7,9-16,19,26H,5,8,17H2,1-2H3,(H,32,37)(H,35,36). The first-order valence-electron chi connectivity index (χ1n) is 12.7. The Morgan fingerprint density at radius 2 is 1.69 bits per heavy atom. The zero-order valence-corrected chi connectivity index (χ0v) is 22.3. The summed E-state index contributed by atoms with van der Waals surface area (Å²) in [7, 11) is 0. The molecule has 39 heavy (non-hydrogen) atoms. The number of halogens is 1. The van der Waals surface area contributed by atoms with E-state index in [9.17, 15) is 14.7 Å². The number of ether oxygens (including phenoxy) is 1. The van der Waals surface area contributed by atoms with Crippen LogP contribution >= 0.6 is 11.6 Å². The van der Waals surface area contributed by atoms with E-state index >= 15 is 0 Å². The average molecular weight is 546 g/mol. The summed E-state index contributed by atoms with van der Waals surface area (Å²) in [4.78, 5) is 26.2. The molecular weight excluding hydrogens is 518 g/mol. The molecule has 1 saturated heterocycles. The topological polar surface area (TPSA) is 105 Å². The summed E-state index contributed by atoms with van der Waals surface area (Å²) in [5.41, 5.74) is 5.30. The van der Waals surface area contributed by atoms with Crippen LogP contribution in [0.15, 0.2) is 77.3 Å². The number of rotatable bonds is 7. The SMILES string of the molecule is Cc1noc(-c2ccc(-c3ccc(N4CCCC4C(=O)O)cc3)cc2)c1NC(=O)OC(C)c1ccccc1Cl. The van der Waals surface area contributed by atoms with E-state index < -0.39 is 24.2 Å². The molecule has 2 N–H and O–H groups in total. The van der Waals surface area contributed by atoms with Gasteiger partial charge >= 0.3 is 12.1 Å². The Bertz CT molecular complexity index is 1480. The summed E-state index contributed by atoms with van der Waals surface area (Å²) in [5.74, 6) is -0.363. The maximum atomic E-state index is 12.7. The van der Waals surface area contributed by atoms with Gasteiger partial charge in [0.15, 0.2) is 5.76 Å². The van der Waals surface area contributed by atoms with Crippen LogP contribution in [0.1, 0.15) is 37.1 Å². The van der Waals surface area contributed by atoms with Gasteiger partial charge in [0.1, 0.15) is 23.5 Å². The molecule has 5 rings (SSSR count). The number of aryl methyl sites for hydroxylation is 1. The van der Waals surface area contributed by atoms with E-state index in [4.69, 9.17) is 20.9 Å². The molecular formula is C30H28ClN3O5. The molecule has 2 heterocycles. The van der Waals surface area contributed by atoms with Crippen molar-refractivity contribution in [3.8, 4) is 22.5 Å². The number of carboxylic acid groups (broad SMARTS) is 1. The third kappa shape index (κ3) is 5.61. The number of carbonyl (C=O) groups excluding carboxylic acids is 1. The van der Waals surface area contributed by atoms with Crippen molar-refractivity contribution in [2.45, 2.75) is 38.8 Å². The average Bonchev–Trinajstić information content (AvgIpc) is 3.57. The van der Waals surface area contributed by atoms with Gasteiger partial charge in [0.25, 0.3) is 0 Å². The summed E-state index contributed by atoms with van der Waals surface area (Å²) < 4.78 is 11.1. The lowest BCUT2D eigenvalue weighted by atomic mass is 10.0. The van der Waals surface area contributed by atoms with E-state index in [0.717, 1.165) is 35.3 Å². The van der Waals surface area contributed by atoms with Crippen LogP contribution in [0, 0.1) is 6.92 Å². The van der Waals surface area contributed by atoms with Gasteiger partial charge in [0.2, 0.25) is 0 Å². The number of nitrogens with one attached hydrogen (secondary N) is 1. The molecule has 0 spiro atoms. The van der Waals surface area contributed by atoms with Crippen LogP contribution in [0.3, 0.4) is 0 Å². The highest BCUT2D eigenvalue weighted by Gasteiger charge is 2.30. The van der Waals surface area contributed by atoms with Crippen LogP contribution in [0.25, 0.3) is 22.5 Å². The second-order valence-electron chi connectivity index (χ2n) is 9.48. The van der Waals surface area contributed by atoms with E-state index in [1.165, 1.54) is 0 Å². The summed E-state index contributed by atoms with van der Waals surface area (Å²) in [6.07, 6.45) is 0.341. The Balaban J connectivity index is 1.29. The van der Waals surface area contributed by atoms with Gasteiger partial charge in [0.05, 0.1) is 0 Å². The van der Waals surface area contributed by atoms with Crippen LogP contribution in [0.4, 0.5) is 16.2 Å². The number of aromatic nitrogens is 1. The number of benzene rings is 3. The normalized spacial score (nSPS) is 15.7. The van der Waals surface area contributed by atoms with Crippen molar-refractivity contribution in [2.24, 2.45) is 0 Å². The molecule has 8 nitrogen and oxygen atoms in total. The molecule has 1 aliphatic heterocycles. The van der Waals surface area contributed by atoms with Crippen molar-refractivity contribution >= 4 is 35.0 Å². The number of aliphatic carboxylic acids is 1. The number of carbonyl (C=O) groups is 2. The number of hydrogen-bond acceptors (Lipinski definition) is 6. The van der Waals surface area contributed by atoms with Crippen molar-refractivity contribution in [1.29, 1.82) is 0 Å². The third-order valence-corrected chi connectivity index (χ3v) is 7.28. The summed E-state index contributed by atoms with van der Waals surface area (Å²) in [6, 6.07) is 22.3. The highest BCUT2D eigenvalue weighted by Crippen LogP contribution is 2.34. The van der Waals surface area contributed by atoms with Gasteiger partial charge in [-0.25, -0.2) is 9.59 Å². The quantitative estimate of drug-likeness (QED) is 0.250. The minimum atomic E-state index is -0.785. The van der Waals surface area contributed by atoms with Gasteiger partial charge < -0.3 is 19.3 Å². The van der Waals surface area contributed by atoms with Crippen molar-refractivity contribution in [3.05, 3.63) is 89.1 Å². The number of anilines is 2. The zero-order chi connectivity index (χ0) is 27.5. The molecule has 0 aliphatic carbocycles. The van der Waals surface area contributed by atoms with Gasteiger partial charge in [-0.3, -0.25) is 5.32 Å². The van der Waals surface area contributed by atoms with Gasteiger partial charge in [-0.2, -0.15) is 0 Å². The molecule has 1 aromatic heterocycles. The monoisotopic (exact) mass is 545 g/mol. The van der Waals surface area contributed by atoms with Crippen molar-refractivity contribution in [2.75, 3.05) is 16.8 Å². The van der Waals surface area contributed by atoms with Gasteiger partial charge in [0, 0.05) is 28.4 Å². The molecule has 1 fully saturated rings. The molecule has 200 valence electrons. The fourth-order valence-corrected chi connectivity index (χ4v) is 5.16. The van der Waals surface area contributed by atoms with Crippen LogP contribution in [0.2, 0.25) is 5.02 Å². The zero-order valence-electron chi connectivity index (χ0n) is 21.6. The van der Waals surface area contributed by atoms with Crippen LogP contribution in [0.5, 0.6) is 0 Å². The largest absolute Gasteiger partial charge is 0.480 e. The fourth-order valence-electron chi connectivity index (χ4n) is 4.87. The maximum Gasteiger partial charge on any atom is 0.412 e. The molecule has 1 aliphatic rings. The molecule has 0 saturated carbocycles. The number of amides is 1. The first kappa shape index (κ1) is 26.3. The Kier molecular flexibility index (Phi) is 7.56. The van der Waals surface area contributed by atoms with Crippen molar-refractivity contribution in [1.82, 2.24) is 5.16 Å². The van der Waals surface area contributed by atoms with Gasteiger partial charge in [-0.15, -0.1) is 0 Å². The molecule has 0 bridgehead atoms. The fraction of sp³-hybridized carbons (Fsp3) is 0.233. The van der Waals surface area contributed by atoms with E-state index in [2.05, 4.69) is 10.5 Å². The second kappa shape index (κ2) is 11.2.